The number of nitrogens with zero attached hydrogens (tertiary/aromatic N) is 2. The zero-order valence-corrected chi connectivity index (χ0v) is 13.3. The molecule has 0 atom stereocenters. The molecule has 3 heteroatoms. The summed E-state index contributed by atoms with van der Waals surface area (Å²) >= 11 is 0. The van der Waals surface area contributed by atoms with Crippen molar-refractivity contribution in [1.82, 2.24) is 4.90 Å². The maximum atomic E-state index is 12.5. The number of fused-ring (bicyclic) bond motifs is 1. The molecule has 3 nitrogen and oxygen atoms in total. The maximum absolute atomic E-state index is 12.5. The van der Waals surface area contributed by atoms with Gasteiger partial charge in [-0.1, -0.05) is 43.2 Å². The number of hydrogen-bond acceptors (Lipinski definition) is 2. The number of amides is 1. The molecular weight excluding hydrogens is 272 g/mol. The van der Waals surface area contributed by atoms with Crippen molar-refractivity contribution in [3.05, 3.63) is 42.5 Å². The smallest absolute Gasteiger partial charge is 0.242 e. The van der Waals surface area contributed by atoms with Crippen LogP contribution in [-0.4, -0.2) is 37.5 Å². The van der Waals surface area contributed by atoms with Crippen molar-refractivity contribution in [1.29, 1.82) is 0 Å². The topological polar surface area (TPSA) is 23.6 Å². The van der Waals surface area contributed by atoms with Crippen LogP contribution in [-0.2, 0) is 4.79 Å². The van der Waals surface area contributed by atoms with Crippen molar-refractivity contribution < 1.29 is 4.79 Å². The SMILES string of the molecule is CN(CC(=O)N1CCCCCC1)c1ccc2ccccc2c1. The van der Waals surface area contributed by atoms with Crippen LogP contribution in [0.3, 0.4) is 0 Å². The van der Waals surface area contributed by atoms with Gasteiger partial charge in [-0.3, -0.25) is 4.79 Å². The summed E-state index contributed by atoms with van der Waals surface area (Å²) in [4.78, 5) is 16.6. The molecule has 0 spiro atoms. The van der Waals surface area contributed by atoms with Crippen LogP contribution in [0.4, 0.5) is 5.69 Å². The minimum absolute atomic E-state index is 0.248. The fourth-order valence-electron chi connectivity index (χ4n) is 3.13. The van der Waals surface area contributed by atoms with E-state index in [2.05, 4.69) is 47.4 Å². The first-order valence-electron chi connectivity index (χ1n) is 8.22. The molecule has 3 rings (SSSR count). The van der Waals surface area contributed by atoms with Crippen molar-refractivity contribution in [2.24, 2.45) is 0 Å². The summed E-state index contributed by atoms with van der Waals surface area (Å²) in [6.07, 6.45) is 4.80. The van der Waals surface area contributed by atoms with Gasteiger partial charge in [-0.15, -0.1) is 0 Å². The maximum Gasteiger partial charge on any atom is 0.242 e. The Morgan fingerprint density at radius 1 is 1.00 bits per heavy atom. The summed E-state index contributed by atoms with van der Waals surface area (Å²) in [5, 5.41) is 2.45. The molecule has 0 aromatic heterocycles. The van der Waals surface area contributed by atoms with Crippen molar-refractivity contribution in [2.45, 2.75) is 25.7 Å². The number of likely N-dealkylation sites (N-methyl/N-ethyl adjacent to an activating group) is 1. The molecule has 1 aliphatic heterocycles. The molecule has 2 aromatic rings. The number of carbonyl (C=O) groups is 1. The number of likely N-dealkylation sites (tertiary alicyclic amines) is 1. The predicted molar refractivity (Wildman–Crippen MR) is 92.3 cm³/mol. The summed E-state index contributed by atoms with van der Waals surface area (Å²) in [7, 11) is 2.00. The van der Waals surface area contributed by atoms with Gasteiger partial charge in [0.1, 0.15) is 0 Å². The van der Waals surface area contributed by atoms with E-state index in [9.17, 15) is 4.79 Å². The van der Waals surface area contributed by atoms with E-state index >= 15 is 0 Å². The second-order valence-electron chi connectivity index (χ2n) is 6.18. The lowest BCUT2D eigenvalue weighted by Crippen LogP contribution is -2.39. The summed E-state index contributed by atoms with van der Waals surface area (Å²) in [6, 6.07) is 14.7. The summed E-state index contributed by atoms with van der Waals surface area (Å²) in [5.74, 6) is 0.248. The Bertz CT molecular complexity index is 645. The monoisotopic (exact) mass is 296 g/mol. The zero-order chi connectivity index (χ0) is 15.4. The van der Waals surface area contributed by atoms with Crippen LogP contribution in [0, 0.1) is 0 Å². The van der Waals surface area contributed by atoms with E-state index in [1.165, 1.54) is 23.6 Å². The highest BCUT2D eigenvalue weighted by Crippen LogP contribution is 2.21. The minimum Gasteiger partial charge on any atom is -0.365 e. The molecule has 0 saturated carbocycles. The van der Waals surface area contributed by atoms with Crippen molar-refractivity contribution >= 4 is 22.4 Å². The molecule has 1 saturated heterocycles. The highest BCUT2D eigenvalue weighted by atomic mass is 16.2. The molecule has 1 fully saturated rings. The Hall–Kier alpha value is -2.03. The molecule has 116 valence electrons. The lowest BCUT2D eigenvalue weighted by molar-refractivity contribution is -0.129. The largest absolute Gasteiger partial charge is 0.365 e. The van der Waals surface area contributed by atoms with Crippen LogP contribution >= 0.6 is 0 Å². The lowest BCUT2D eigenvalue weighted by atomic mass is 10.1. The summed E-state index contributed by atoms with van der Waals surface area (Å²) in [6.45, 7) is 2.30. The average Bonchev–Trinajstić information content (AvgIpc) is 2.83. The van der Waals surface area contributed by atoms with Gasteiger partial charge in [0.2, 0.25) is 5.91 Å². The average molecular weight is 296 g/mol. The van der Waals surface area contributed by atoms with Crippen LogP contribution in [0.25, 0.3) is 10.8 Å². The molecule has 2 aromatic carbocycles. The van der Waals surface area contributed by atoms with E-state index in [1.807, 2.05) is 11.9 Å². The van der Waals surface area contributed by atoms with Gasteiger partial charge >= 0.3 is 0 Å². The molecule has 0 aliphatic carbocycles. The van der Waals surface area contributed by atoms with Gasteiger partial charge in [0.05, 0.1) is 6.54 Å². The van der Waals surface area contributed by atoms with Crippen LogP contribution in [0.15, 0.2) is 42.5 Å². The highest BCUT2D eigenvalue weighted by Gasteiger charge is 2.17. The molecule has 0 N–H and O–H groups in total. The van der Waals surface area contributed by atoms with Crippen LogP contribution < -0.4 is 4.90 Å². The molecular formula is C19H24N2O. The summed E-state index contributed by atoms with van der Waals surface area (Å²) < 4.78 is 0. The predicted octanol–water partition coefficient (Wildman–Crippen LogP) is 3.68. The van der Waals surface area contributed by atoms with E-state index in [1.54, 1.807) is 0 Å². The summed E-state index contributed by atoms with van der Waals surface area (Å²) in [5.41, 5.74) is 1.10. The van der Waals surface area contributed by atoms with Gasteiger partial charge in [0.15, 0.2) is 0 Å². The number of benzene rings is 2. The van der Waals surface area contributed by atoms with E-state index in [4.69, 9.17) is 0 Å². The first kappa shape index (κ1) is 14.9. The Morgan fingerprint density at radius 2 is 1.68 bits per heavy atom. The second-order valence-corrected chi connectivity index (χ2v) is 6.18. The Balaban J connectivity index is 1.69. The van der Waals surface area contributed by atoms with Crippen molar-refractivity contribution in [3.63, 3.8) is 0 Å². The van der Waals surface area contributed by atoms with Gasteiger partial charge < -0.3 is 9.80 Å². The van der Waals surface area contributed by atoms with Gasteiger partial charge in [0, 0.05) is 25.8 Å². The van der Waals surface area contributed by atoms with Crippen LogP contribution in [0.5, 0.6) is 0 Å². The Morgan fingerprint density at radius 3 is 2.41 bits per heavy atom. The number of carbonyl (C=O) groups excluding carboxylic acids is 1. The zero-order valence-electron chi connectivity index (χ0n) is 13.3. The fourth-order valence-corrected chi connectivity index (χ4v) is 3.13. The number of anilines is 1. The van der Waals surface area contributed by atoms with E-state index in [0.29, 0.717) is 6.54 Å². The van der Waals surface area contributed by atoms with Crippen molar-refractivity contribution in [2.75, 3.05) is 31.6 Å². The van der Waals surface area contributed by atoms with Gasteiger partial charge in [-0.2, -0.15) is 0 Å². The molecule has 0 bridgehead atoms. The molecule has 1 aliphatic rings. The standard InChI is InChI=1S/C19H24N2O/c1-20(15-19(22)21-12-6-2-3-7-13-21)18-11-10-16-8-4-5-9-17(16)14-18/h4-5,8-11,14H,2-3,6-7,12-13,15H2,1H3. The molecule has 0 unspecified atom stereocenters. The Labute approximate surface area is 132 Å². The second kappa shape index (κ2) is 6.82. The third kappa shape index (κ3) is 3.41. The molecule has 1 heterocycles. The highest BCUT2D eigenvalue weighted by molar-refractivity contribution is 5.87. The molecule has 1 amide bonds. The van der Waals surface area contributed by atoms with Crippen LogP contribution in [0.2, 0.25) is 0 Å². The lowest BCUT2D eigenvalue weighted by Gasteiger charge is -2.25. The number of rotatable bonds is 3. The number of hydrogen-bond donors (Lipinski definition) is 0. The van der Waals surface area contributed by atoms with Crippen LogP contribution in [0.1, 0.15) is 25.7 Å². The minimum atomic E-state index is 0.248. The first-order valence-corrected chi connectivity index (χ1v) is 8.22. The van der Waals surface area contributed by atoms with Crippen molar-refractivity contribution in [3.8, 4) is 0 Å². The van der Waals surface area contributed by atoms with E-state index < -0.39 is 0 Å². The normalized spacial score (nSPS) is 15.6. The first-order chi connectivity index (χ1) is 10.7. The fraction of sp³-hybridized carbons (Fsp3) is 0.421. The molecule has 0 radical (unpaired) electrons. The third-order valence-corrected chi connectivity index (χ3v) is 4.51. The molecule has 22 heavy (non-hydrogen) atoms. The van der Waals surface area contributed by atoms with E-state index in [-0.39, 0.29) is 5.91 Å². The van der Waals surface area contributed by atoms with Gasteiger partial charge in [-0.05, 0) is 35.7 Å². The van der Waals surface area contributed by atoms with Gasteiger partial charge in [0.25, 0.3) is 0 Å². The van der Waals surface area contributed by atoms with E-state index in [0.717, 1.165) is 31.6 Å². The quantitative estimate of drug-likeness (QED) is 0.862. The van der Waals surface area contributed by atoms with Gasteiger partial charge in [-0.25, -0.2) is 0 Å². The third-order valence-electron chi connectivity index (χ3n) is 4.51. The Kier molecular flexibility index (Phi) is 4.62.